The Morgan fingerprint density at radius 2 is 2.08 bits per heavy atom. The number of rotatable bonds is 0. The van der Waals surface area contributed by atoms with Gasteiger partial charge >= 0.3 is 80.1 Å². The van der Waals surface area contributed by atoms with Gasteiger partial charge in [-0.3, -0.25) is 0 Å². The molecule has 1 aliphatic heterocycles. The minimum atomic E-state index is 1.05. The number of hydrogen-bond acceptors (Lipinski definition) is 3. The average Bonchev–Trinajstić information content (AvgIpc) is 2.30. The van der Waals surface area contributed by atoms with Gasteiger partial charge in [0.25, 0.3) is 0 Å². The van der Waals surface area contributed by atoms with Crippen LogP contribution in [-0.2, 0) is 12.8 Å². The van der Waals surface area contributed by atoms with Crippen LogP contribution >= 0.6 is 0 Å². The van der Waals surface area contributed by atoms with E-state index in [4.69, 9.17) is 0 Å². The zero-order chi connectivity index (χ0) is 8.39. The number of aromatic nitrogens is 2. The van der Waals surface area contributed by atoms with E-state index in [2.05, 4.69) is 15.3 Å². The fourth-order valence-electron chi connectivity index (χ4n) is 1.50. The Labute approximate surface area is 80.5 Å². The molecule has 0 amide bonds. The fraction of sp³-hybridized carbons (Fsp3) is 0.500. The van der Waals surface area contributed by atoms with Gasteiger partial charge in [0.05, 0.1) is 0 Å². The number of nitrogens with zero attached hydrogens (tertiary/aromatic N) is 2. The summed E-state index contributed by atoms with van der Waals surface area (Å²) < 4.78 is 1.20. The molecule has 1 atom stereocenters. The second kappa shape index (κ2) is 3.54. The topological polar surface area (TPSA) is 37.8 Å². The first kappa shape index (κ1) is 8.21. The Hall–Kier alpha value is -0.402. The molecule has 0 bridgehead atoms. The van der Waals surface area contributed by atoms with Crippen molar-refractivity contribution in [2.45, 2.75) is 12.8 Å². The predicted octanol–water partition coefficient (Wildman–Crippen LogP) is -1.58. The van der Waals surface area contributed by atoms with Crippen molar-refractivity contribution < 1.29 is 0 Å². The second-order valence-corrected chi connectivity index (χ2v) is 4.08. The molecule has 2 rings (SSSR count). The van der Waals surface area contributed by atoms with E-state index in [-0.39, 0.29) is 0 Å². The van der Waals surface area contributed by atoms with Crippen molar-refractivity contribution in [1.82, 2.24) is 15.3 Å². The molecule has 1 aromatic heterocycles. The Balaban J connectivity index is 2.42. The van der Waals surface area contributed by atoms with Crippen molar-refractivity contribution in [3.05, 3.63) is 17.6 Å². The summed E-state index contributed by atoms with van der Waals surface area (Å²) in [4.78, 5) is 8.52. The molecule has 0 spiro atoms. The van der Waals surface area contributed by atoms with Crippen LogP contribution < -0.4 is 9.80 Å². The van der Waals surface area contributed by atoms with Gasteiger partial charge < -0.3 is 0 Å². The van der Waals surface area contributed by atoms with E-state index in [1.807, 2.05) is 0 Å². The standard InChI is InChI=1S/C8H12AsN3/c9-8-6-1-3-10-4-2-7(6)11-5-12-8/h5,10H,1-4,9H2. The van der Waals surface area contributed by atoms with Crippen molar-refractivity contribution >= 4 is 21.3 Å². The molecule has 0 fully saturated rings. The Morgan fingerprint density at radius 3 is 3.00 bits per heavy atom. The van der Waals surface area contributed by atoms with E-state index in [1.54, 1.807) is 23.2 Å². The van der Waals surface area contributed by atoms with Gasteiger partial charge in [0.1, 0.15) is 0 Å². The molecule has 0 radical (unpaired) electrons. The average molecular weight is 225 g/mol. The van der Waals surface area contributed by atoms with Crippen LogP contribution in [0.4, 0.5) is 0 Å². The molecule has 1 aromatic rings. The quantitative estimate of drug-likeness (QED) is 0.542. The number of hydrogen-bond donors (Lipinski definition) is 1. The van der Waals surface area contributed by atoms with Gasteiger partial charge in [0.2, 0.25) is 0 Å². The van der Waals surface area contributed by atoms with Crippen LogP contribution in [0.3, 0.4) is 0 Å². The molecule has 1 aliphatic rings. The summed E-state index contributed by atoms with van der Waals surface area (Å²) in [5.74, 6) is 0. The summed E-state index contributed by atoms with van der Waals surface area (Å²) in [6.07, 6.45) is 3.82. The third kappa shape index (κ3) is 1.52. The van der Waals surface area contributed by atoms with Crippen LogP contribution in [0.15, 0.2) is 6.33 Å². The zero-order valence-corrected chi connectivity index (χ0v) is 9.30. The molecule has 0 aliphatic carbocycles. The fourth-order valence-corrected chi connectivity index (χ4v) is 2.29. The summed E-state index contributed by atoms with van der Waals surface area (Å²) in [6, 6.07) is 0. The van der Waals surface area contributed by atoms with Gasteiger partial charge in [0.15, 0.2) is 0 Å². The normalized spacial score (nSPS) is 16.8. The van der Waals surface area contributed by atoms with E-state index in [0.717, 1.165) is 25.9 Å². The number of fused-ring (bicyclic) bond motifs is 1. The Morgan fingerprint density at radius 1 is 1.25 bits per heavy atom. The predicted molar refractivity (Wildman–Crippen MR) is 50.5 cm³/mol. The first-order chi connectivity index (χ1) is 5.88. The van der Waals surface area contributed by atoms with Gasteiger partial charge in [-0.2, -0.15) is 0 Å². The maximum atomic E-state index is 4.30. The van der Waals surface area contributed by atoms with Crippen LogP contribution in [0, 0.1) is 0 Å². The van der Waals surface area contributed by atoms with Crippen LogP contribution in [-0.4, -0.2) is 39.9 Å². The molecule has 64 valence electrons. The van der Waals surface area contributed by atoms with E-state index < -0.39 is 0 Å². The van der Waals surface area contributed by atoms with Crippen LogP contribution in [0.5, 0.6) is 0 Å². The molecule has 4 heteroatoms. The summed E-state index contributed by atoms with van der Waals surface area (Å²) in [6.45, 7) is 2.12. The maximum absolute atomic E-state index is 4.30. The molecular weight excluding hydrogens is 213 g/mol. The van der Waals surface area contributed by atoms with Crippen LogP contribution in [0.2, 0.25) is 0 Å². The molecule has 1 N–H and O–H groups in total. The van der Waals surface area contributed by atoms with Gasteiger partial charge in [-0.25, -0.2) is 0 Å². The first-order valence-corrected chi connectivity index (χ1v) is 5.38. The van der Waals surface area contributed by atoms with Gasteiger partial charge in [0, 0.05) is 0 Å². The molecule has 0 saturated heterocycles. The van der Waals surface area contributed by atoms with Crippen molar-refractivity contribution in [3.8, 4) is 0 Å². The summed E-state index contributed by atoms with van der Waals surface area (Å²) in [5, 5.41) is 3.36. The van der Waals surface area contributed by atoms with Crippen LogP contribution in [0.25, 0.3) is 0 Å². The van der Waals surface area contributed by atoms with E-state index in [0.29, 0.717) is 0 Å². The molecule has 12 heavy (non-hydrogen) atoms. The van der Waals surface area contributed by atoms with E-state index >= 15 is 0 Å². The molecule has 0 saturated carbocycles. The summed E-state index contributed by atoms with van der Waals surface area (Å²) in [7, 11) is 0. The van der Waals surface area contributed by atoms with Crippen molar-refractivity contribution in [3.63, 3.8) is 0 Å². The summed E-state index contributed by atoms with van der Waals surface area (Å²) in [5.41, 5.74) is 2.62. The van der Waals surface area contributed by atoms with E-state index in [1.165, 1.54) is 15.7 Å². The molecular formula is C8H12AsN3. The second-order valence-electron chi connectivity index (χ2n) is 2.93. The van der Waals surface area contributed by atoms with Gasteiger partial charge in [-0.15, -0.1) is 0 Å². The van der Waals surface area contributed by atoms with Crippen LogP contribution in [0.1, 0.15) is 11.3 Å². The monoisotopic (exact) mass is 225 g/mol. The van der Waals surface area contributed by atoms with Crippen molar-refractivity contribution in [2.75, 3.05) is 13.1 Å². The zero-order valence-electron chi connectivity index (χ0n) is 6.88. The van der Waals surface area contributed by atoms with Crippen molar-refractivity contribution in [2.24, 2.45) is 0 Å². The number of nitrogens with one attached hydrogen (secondary N) is 1. The van der Waals surface area contributed by atoms with Crippen molar-refractivity contribution in [1.29, 1.82) is 0 Å². The Kier molecular flexibility index (Phi) is 2.42. The van der Waals surface area contributed by atoms with E-state index in [9.17, 15) is 0 Å². The summed E-state index contributed by atoms with van der Waals surface area (Å²) >= 11 is 1.60. The van der Waals surface area contributed by atoms with Gasteiger partial charge in [-0.05, 0) is 0 Å². The molecule has 1 unspecified atom stereocenters. The third-order valence-electron chi connectivity index (χ3n) is 2.16. The first-order valence-electron chi connectivity index (χ1n) is 4.17. The van der Waals surface area contributed by atoms with Gasteiger partial charge in [-0.1, -0.05) is 0 Å². The SMILES string of the molecule is [AsH2]c1ncnc2c1CCNCC2. The Bertz CT molecular complexity index is 288. The molecule has 0 aromatic carbocycles. The minimum absolute atomic E-state index is 1.05. The third-order valence-corrected chi connectivity index (χ3v) is 3.20. The molecule has 2 heterocycles. The molecule has 3 nitrogen and oxygen atoms in total.